The van der Waals surface area contributed by atoms with Crippen molar-refractivity contribution in [3.05, 3.63) is 0 Å². The summed E-state index contributed by atoms with van der Waals surface area (Å²) in [4.78, 5) is 10.5. The fourth-order valence-electron chi connectivity index (χ4n) is 2.14. The Bertz CT molecular complexity index is 369. The van der Waals surface area contributed by atoms with Crippen LogP contribution in [0.25, 0.3) is 0 Å². The molecule has 0 bridgehead atoms. The van der Waals surface area contributed by atoms with Crippen molar-refractivity contribution < 1.29 is 18.3 Å². The minimum atomic E-state index is -3.31. The number of rotatable bonds is 6. The molecule has 0 amide bonds. The molecule has 0 spiro atoms. The summed E-state index contributed by atoms with van der Waals surface area (Å²) < 4.78 is 26.7. The van der Waals surface area contributed by atoms with E-state index in [9.17, 15) is 13.2 Å². The van der Waals surface area contributed by atoms with Crippen LogP contribution in [0.5, 0.6) is 0 Å². The van der Waals surface area contributed by atoms with Crippen molar-refractivity contribution in [3.8, 4) is 0 Å². The average Bonchev–Trinajstić information content (AvgIpc) is 2.66. The SMILES string of the molecule is CC(C)(CCC(=O)O)NS(=O)(=O)C1CCCC1. The van der Waals surface area contributed by atoms with Crippen molar-refractivity contribution in [3.63, 3.8) is 0 Å². The van der Waals surface area contributed by atoms with Gasteiger partial charge in [-0.3, -0.25) is 4.79 Å². The third-order valence-electron chi connectivity index (χ3n) is 3.12. The zero-order valence-corrected chi connectivity index (χ0v) is 11.2. The molecule has 0 saturated heterocycles. The molecule has 1 saturated carbocycles. The molecular weight excluding hydrogens is 242 g/mol. The van der Waals surface area contributed by atoms with Gasteiger partial charge in [-0.15, -0.1) is 0 Å². The Morgan fingerprint density at radius 1 is 1.35 bits per heavy atom. The Balaban J connectivity index is 2.58. The topological polar surface area (TPSA) is 83.5 Å². The lowest BCUT2D eigenvalue weighted by molar-refractivity contribution is -0.137. The number of carbonyl (C=O) groups is 1. The minimum absolute atomic E-state index is 0.0276. The van der Waals surface area contributed by atoms with Gasteiger partial charge in [0, 0.05) is 12.0 Å². The van der Waals surface area contributed by atoms with Crippen LogP contribution in [-0.4, -0.2) is 30.3 Å². The van der Waals surface area contributed by atoms with Crippen molar-refractivity contribution >= 4 is 16.0 Å². The second kappa shape index (κ2) is 5.35. The number of carboxylic acid groups (broad SMARTS) is 1. The van der Waals surface area contributed by atoms with E-state index in [1.165, 1.54) is 0 Å². The second-order valence-corrected chi connectivity index (χ2v) is 7.29. The van der Waals surface area contributed by atoms with E-state index in [1.54, 1.807) is 13.8 Å². The number of nitrogens with one attached hydrogen (secondary N) is 1. The molecule has 0 unspecified atom stereocenters. The van der Waals surface area contributed by atoms with Gasteiger partial charge in [0.1, 0.15) is 0 Å². The predicted molar refractivity (Wildman–Crippen MR) is 65.3 cm³/mol. The highest BCUT2D eigenvalue weighted by molar-refractivity contribution is 7.90. The zero-order valence-electron chi connectivity index (χ0n) is 10.4. The molecule has 0 aromatic heterocycles. The Hall–Kier alpha value is -0.620. The van der Waals surface area contributed by atoms with E-state index < -0.39 is 21.5 Å². The van der Waals surface area contributed by atoms with E-state index in [1.807, 2.05) is 0 Å². The number of carboxylic acids is 1. The van der Waals surface area contributed by atoms with Crippen LogP contribution >= 0.6 is 0 Å². The molecule has 1 rings (SSSR count). The summed E-state index contributed by atoms with van der Waals surface area (Å²) in [5, 5.41) is 8.31. The van der Waals surface area contributed by atoms with E-state index in [2.05, 4.69) is 4.72 Å². The largest absolute Gasteiger partial charge is 0.481 e. The van der Waals surface area contributed by atoms with Gasteiger partial charge < -0.3 is 5.11 Å². The quantitative estimate of drug-likeness (QED) is 0.760. The molecule has 6 heteroatoms. The van der Waals surface area contributed by atoms with Gasteiger partial charge in [0.15, 0.2) is 0 Å². The molecule has 17 heavy (non-hydrogen) atoms. The minimum Gasteiger partial charge on any atom is -0.481 e. The molecular formula is C11H21NO4S. The van der Waals surface area contributed by atoms with Crippen LogP contribution < -0.4 is 4.72 Å². The van der Waals surface area contributed by atoms with Gasteiger partial charge in [-0.1, -0.05) is 12.8 Å². The summed E-state index contributed by atoms with van der Waals surface area (Å²) in [5.41, 5.74) is -0.695. The summed E-state index contributed by atoms with van der Waals surface area (Å²) in [6.45, 7) is 3.45. The van der Waals surface area contributed by atoms with E-state index in [-0.39, 0.29) is 11.7 Å². The summed E-state index contributed by atoms with van der Waals surface area (Å²) in [6.07, 6.45) is 3.62. The molecule has 0 atom stereocenters. The van der Waals surface area contributed by atoms with Crippen molar-refractivity contribution in [2.45, 2.75) is 63.2 Å². The number of hydrogen-bond donors (Lipinski definition) is 2. The van der Waals surface area contributed by atoms with Crippen LogP contribution in [0.3, 0.4) is 0 Å². The molecule has 100 valence electrons. The highest BCUT2D eigenvalue weighted by Crippen LogP contribution is 2.25. The van der Waals surface area contributed by atoms with Crippen LogP contribution in [0.15, 0.2) is 0 Å². The number of aliphatic carboxylic acids is 1. The molecule has 0 heterocycles. The Kier molecular flexibility index (Phi) is 4.55. The van der Waals surface area contributed by atoms with Crippen LogP contribution in [0, 0.1) is 0 Å². The third-order valence-corrected chi connectivity index (χ3v) is 5.31. The molecule has 1 fully saturated rings. The molecule has 0 aromatic rings. The normalized spacial score (nSPS) is 18.5. The fourth-order valence-corrected chi connectivity index (χ4v) is 4.13. The molecule has 5 nitrogen and oxygen atoms in total. The first-order valence-electron chi connectivity index (χ1n) is 5.97. The first kappa shape index (κ1) is 14.4. The lowest BCUT2D eigenvalue weighted by Crippen LogP contribution is -2.47. The van der Waals surface area contributed by atoms with Gasteiger partial charge in [0.05, 0.1) is 5.25 Å². The van der Waals surface area contributed by atoms with Crippen LogP contribution in [-0.2, 0) is 14.8 Å². The summed E-state index contributed by atoms with van der Waals surface area (Å²) in [7, 11) is -3.31. The Morgan fingerprint density at radius 3 is 2.35 bits per heavy atom. The van der Waals surface area contributed by atoms with Crippen LogP contribution in [0.4, 0.5) is 0 Å². The van der Waals surface area contributed by atoms with E-state index >= 15 is 0 Å². The number of sulfonamides is 1. The predicted octanol–water partition coefficient (Wildman–Crippen LogP) is 1.49. The van der Waals surface area contributed by atoms with Gasteiger partial charge in [0.25, 0.3) is 0 Å². The molecule has 0 aromatic carbocycles. The van der Waals surface area contributed by atoms with Crippen molar-refractivity contribution in [1.82, 2.24) is 4.72 Å². The van der Waals surface area contributed by atoms with Crippen molar-refractivity contribution in [2.24, 2.45) is 0 Å². The van der Waals surface area contributed by atoms with Gasteiger partial charge in [0.2, 0.25) is 10.0 Å². The standard InChI is InChI=1S/C11H21NO4S/c1-11(2,8-7-10(13)14)12-17(15,16)9-5-3-4-6-9/h9,12H,3-8H2,1-2H3,(H,13,14). The average molecular weight is 263 g/mol. The molecule has 0 aliphatic heterocycles. The van der Waals surface area contributed by atoms with E-state index in [0.717, 1.165) is 12.8 Å². The monoisotopic (exact) mass is 263 g/mol. The van der Waals surface area contributed by atoms with Crippen molar-refractivity contribution in [2.75, 3.05) is 0 Å². The van der Waals surface area contributed by atoms with Crippen molar-refractivity contribution in [1.29, 1.82) is 0 Å². The molecule has 1 aliphatic carbocycles. The first-order chi connectivity index (χ1) is 7.73. The second-order valence-electron chi connectivity index (χ2n) is 5.33. The third kappa shape index (κ3) is 4.63. The van der Waals surface area contributed by atoms with Gasteiger partial charge in [-0.25, -0.2) is 13.1 Å². The zero-order chi connectivity index (χ0) is 13.1. The van der Waals surface area contributed by atoms with E-state index in [0.29, 0.717) is 19.3 Å². The summed E-state index contributed by atoms with van der Waals surface area (Å²) in [6, 6.07) is 0. The van der Waals surface area contributed by atoms with Gasteiger partial charge in [-0.05, 0) is 33.1 Å². The lowest BCUT2D eigenvalue weighted by atomic mass is 10.0. The smallest absolute Gasteiger partial charge is 0.303 e. The lowest BCUT2D eigenvalue weighted by Gasteiger charge is -2.27. The van der Waals surface area contributed by atoms with Gasteiger partial charge in [-0.2, -0.15) is 0 Å². The first-order valence-corrected chi connectivity index (χ1v) is 7.52. The van der Waals surface area contributed by atoms with Crippen LogP contribution in [0.1, 0.15) is 52.4 Å². The maximum absolute atomic E-state index is 12.0. The number of hydrogen-bond acceptors (Lipinski definition) is 3. The highest BCUT2D eigenvalue weighted by atomic mass is 32.2. The Labute approximate surface area is 103 Å². The molecule has 1 aliphatic rings. The molecule has 2 N–H and O–H groups in total. The van der Waals surface area contributed by atoms with Crippen LogP contribution in [0.2, 0.25) is 0 Å². The summed E-state index contributed by atoms with van der Waals surface area (Å²) in [5.74, 6) is -0.905. The summed E-state index contributed by atoms with van der Waals surface area (Å²) >= 11 is 0. The highest BCUT2D eigenvalue weighted by Gasteiger charge is 2.33. The van der Waals surface area contributed by atoms with E-state index in [4.69, 9.17) is 5.11 Å². The Morgan fingerprint density at radius 2 is 1.88 bits per heavy atom. The maximum Gasteiger partial charge on any atom is 0.303 e. The van der Waals surface area contributed by atoms with Gasteiger partial charge >= 0.3 is 5.97 Å². The molecule has 0 radical (unpaired) electrons. The maximum atomic E-state index is 12.0. The fraction of sp³-hybridized carbons (Fsp3) is 0.909.